The van der Waals surface area contributed by atoms with Crippen molar-refractivity contribution in [2.45, 2.75) is 29.8 Å². The number of hydrogen-bond donors (Lipinski definition) is 1. The van der Waals surface area contributed by atoms with Crippen LogP contribution in [0.5, 0.6) is 5.75 Å². The van der Waals surface area contributed by atoms with Gasteiger partial charge in [0.2, 0.25) is 0 Å². The summed E-state index contributed by atoms with van der Waals surface area (Å²) in [6.07, 6.45) is -2.76. The molecule has 2 fully saturated rings. The Morgan fingerprint density at radius 2 is 1.84 bits per heavy atom. The van der Waals surface area contributed by atoms with Crippen molar-refractivity contribution >= 4 is 33.4 Å². The Labute approximate surface area is 186 Å². The van der Waals surface area contributed by atoms with E-state index in [9.17, 15) is 26.4 Å². The first-order chi connectivity index (χ1) is 14.8. The van der Waals surface area contributed by atoms with Crippen LogP contribution in [0, 0.1) is 0 Å². The highest BCUT2D eigenvalue weighted by atomic mass is 35.5. The first-order valence-corrected chi connectivity index (χ1v) is 10.9. The lowest BCUT2D eigenvalue weighted by atomic mass is 10.2. The van der Waals surface area contributed by atoms with E-state index in [-0.39, 0.29) is 33.9 Å². The molecule has 2 aliphatic rings. The van der Waals surface area contributed by atoms with Gasteiger partial charge in [-0.05, 0) is 42.8 Å². The molecular formula is C18H17ClF3N4O5S-. The Morgan fingerprint density at radius 1 is 1.19 bits per heavy atom. The van der Waals surface area contributed by atoms with Crippen molar-refractivity contribution in [1.82, 2.24) is 9.88 Å². The maximum atomic E-state index is 12.2. The molecule has 32 heavy (non-hydrogen) atoms. The Balaban J connectivity index is 0.000000222. The van der Waals surface area contributed by atoms with Gasteiger partial charge in [-0.2, -0.15) is 8.42 Å². The van der Waals surface area contributed by atoms with Crippen molar-refractivity contribution in [3.63, 3.8) is 0 Å². The molecule has 0 spiro atoms. The predicted molar refractivity (Wildman–Crippen MR) is 108 cm³/mol. The molecule has 2 amide bonds. The second-order valence-electron chi connectivity index (χ2n) is 6.94. The minimum absolute atomic E-state index is 0.0195. The number of carbonyl (C=O) groups excluding carboxylic acids is 1. The number of hydrogen-bond acceptors (Lipinski definition) is 5. The molecular weight excluding hydrogens is 477 g/mol. The third-order valence-electron chi connectivity index (χ3n) is 4.67. The SMILES string of the molecule is O=S(=O)(O)c1cccnc1Cl.[NH-][C@H]1C[C@H]2CN(c3ccc(OC(F)(F)F)cc3)C(=O)N2C1. The molecule has 174 valence electrons. The van der Waals surface area contributed by atoms with Crippen LogP contribution in [0.15, 0.2) is 47.5 Å². The normalized spacial score (nSPS) is 20.6. The molecule has 3 heterocycles. The quantitative estimate of drug-likeness (QED) is 0.509. The molecule has 2 aliphatic heterocycles. The van der Waals surface area contributed by atoms with Crippen LogP contribution in [-0.4, -0.2) is 60.4 Å². The molecule has 2 N–H and O–H groups in total. The summed E-state index contributed by atoms with van der Waals surface area (Å²) in [5.41, 5.74) is 8.20. The maximum Gasteiger partial charge on any atom is 0.573 e. The lowest BCUT2D eigenvalue weighted by Gasteiger charge is -2.20. The van der Waals surface area contributed by atoms with Gasteiger partial charge in [0.05, 0.1) is 6.04 Å². The van der Waals surface area contributed by atoms with Crippen molar-refractivity contribution in [1.29, 1.82) is 0 Å². The molecule has 2 atom stereocenters. The zero-order chi connectivity index (χ0) is 23.7. The van der Waals surface area contributed by atoms with Crippen LogP contribution in [0.3, 0.4) is 0 Å². The molecule has 2 aromatic rings. The van der Waals surface area contributed by atoms with Crippen LogP contribution in [0.1, 0.15) is 6.42 Å². The number of nitrogens with one attached hydrogen (secondary N) is 1. The molecule has 14 heteroatoms. The van der Waals surface area contributed by atoms with Gasteiger partial charge in [0.15, 0.2) is 0 Å². The van der Waals surface area contributed by atoms with Crippen LogP contribution >= 0.6 is 11.6 Å². The average Bonchev–Trinajstić information content (AvgIpc) is 3.18. The first kappa shape index (κ1) is 24.0. The van der Waals surface area contributed by atoms with Gasteiger partial charge in [-0.1, -0.05) is 11.6 Å². The Bertz CT molecular complexity index is 1080. The molecule has 0 unspecified atom stereocenters. The highest BCUT2D eigenvalue weighted by molar-refractivity contribution is 7.86. The number of urea groups is 1. The fraction of sp³-hybridized carbons (Fsp3) is 0.333. The monoisotopic (exact) mass is 493 g/mol. The van der Waals surface area contributed by atoms with Crippen LogP contribution in [0.4, 0.5) is 23.7 Å². The number of amides is 2. The average molecular weight is 494 g/mol. The topological polar surface area (TPSA) is 124 Å². The van der Waals surface area contributed by atoms with Gasteiger partial charge in [-0.3, -0.25) is 9.45 Å². The van der Waals surface area contributed by atoms with E-state index in [2.05, 4.69) is 9.72 Å². The van der Waals surface area contributed by atoms with Crippen LogP contribution in [0.25, 0.3) is 5.73 Å². The van der Waals surface area contributed by atoms with Crippen molar-refractivity contribution < 1.29 is 35.7 Å². The second kappa shape index (κ2) is 9.10. The van der Waals surface area contributed by atoms with E-state index < -0.39 is 16.5 Å². The molecule has 0 bridgehead atoms. The van der Waals surface area contributed by atoms with Gasteiger partial charge in [-0.15, -0.1) is 19.2 Å². The highest BCUT2D eigenvalue weighted by Crippen LogP contribution is 2.32. The van der Waals surface area contributed by atoms with Crippen LogP contribution < -0.4 is 9.64 Å². The summed E-state index contributed by atoms with van der Waals surface area (Å²) >= 11 is 5.36. The third kappa shape index (κ3) is 5.79. The van der Waals surface area contributed by atoms with Gasteiger partial charge in [0.1, 0.15) is 15.8 Å². The molecule has 0 radical (unpaired) electrons. The molecule has 0 saturated carbocycles. The summed E-state index contributed by atoms with van der Waals surface area (Å²) in [7, 11) is -4.23. The zero-order valence-electron chi connectivity index (χ0n) is 16.2. The van der Waals surface area contributed by atoms with E-state index in [0.29, 0.717) is 25.2 Å². The van der Waals surface area contributed by atoms with Gasteiger partial charge >= 0.3 is 12.4 Å². The zero-order valence-corrected chi connectivity index (χ0v) is 17.7. The van der Waals surface area contributed by atoms with Crippen molar-refractivity contribution in [2.75, 3.05) is 18.0 Å². The number of carbonyl (C=O) groups is 1. The summed E-state index contributed by atoms with van der Waals surface area (Å²) in [4.78, 5) is 18.5. The van der Waals surface area contributed by atoms with Crippen molar-refractivity contribution in [2.24, 2.45) is 0 Å². The largest absolute Gasteiger partial charge is 0.673 e. The number of rotatable bonds is 3. The first-order valence-electron chi connectivity index (χ1n) is 9.08. The molecule has 1 aromatic heterocycles. The number of alkyl halides is 3. The Kier molecular flexibility index (Phi) is 6.83. The number of aromatic nitrogens is 1. The maximum absolute atomic E-state index is 12.2. The van der Waals surface area contributed by atoms with Gasteiger partial charge < -0.3 is 15.4 Å². The minimum atomic E-state index is -4.73. The summed E-state index contributed by atoms with van der Waals surface area (Å²) in [5, 5.41) is -0.227. The number of pyridine rings is 1. The van der Waals surface area contributed by atoms with Crippen molar-refractivity contribution in [3.05, 3.63) is 53.5 Å². The fourth-order valence-corrected chi connectivity index (χ4v) is 4.30. The fourth-order valence-electron chi connectivity index (χ4n) is 3.38. The third-order valence-corrected chi connectivity index (χ3v) is 5.97. The van der Waals surface area contributed by atoms with Crippen molar-refractivity contribution in [3.8, 4) is 5.75 Å². The number of fused-ring (bicyclic) bond motifs is 1. The minimum Gasteiger partial charge on any atom is -0.673 e. The molecule has 1 aromatic carbocycles. The number of anilines is 1. The highest BCUT2D eigenvalue weighted by Gasteiger charge is 2.41. The van der Waals surface area contributed by atoms with Gasteiger partial charge in [0.25, 0.3) is 10.1 Å². The van der Waals surface area contributed by atoms with Crippen LogP contribution in [-0.2, 0) is 10.1 Å². The summed E-state index contributed by atoms with van der Waals surface area (Å²) < 4.78 is 69.5. The Hall–Kier alpha value is -2.61. The standard InChI is InChI=1S/C13H13F3N3O2.C5H4ClNO3S/c14-13(15,16)21-11-3-1-9(2-4-11)19-7-10-5-8(17)6-18(10)12(19)20;6-5-4(11(8,9)10)2-1-3-7-5/h1-4,8,10,17H,5-7H2;1-3H,(H,8,9,10)/q-1;/t8-,10-;/m0./s1. The number of nitrogens with zero attached hydrogens (tertiary/aromatic N) is 3. The van der Waals surface area contributed by atoms with E-state index in [1.807, 2.05) is 0 Å². The molecule has 4 rings (SSSR count). The number of halogens is 4. The smallest absolute Gasteiger partial charge is 0.573 e. The predicted octanol–water partition coefficient (Wildman–Crippen LogP) is 4.00. The van der Waals surface area contributed by atoms with E-state index in [1.165, 1.54) is 47.5 Å². The van der Waals surface area contributed by atoms with E-state index in [0.717, 1.165) is 0 Å². The lowest BCUT2D eigenvalue weighted by molar-refractivity contribution is -0.274. The van der Waals surface area contributed by atoms with E-state index >= 15 is 0 Å². The summed E-state index contributed by atoms with van der Waals surface area (Å²) in [5.74, 6) is -0.315. The molecule has 9 nitrogen and oxygen atoms in total. The van der Waals surface area contributed by atoms with E-state index in [1.54, 1.807) is 4.90 Å². The summed E-state index contributed by atoms with van der Waals surface area (Å²) in [6.45, 7) is 0.878. The van der Waals surface area contributed by atoms with Gasteiger partial charge in [-0.25, -0.2) is 9.78 Å². The second-order valence-corrected chi connectivity index (χ2v) is 8.69. The van der Waals surface area contributed by atoms with E-state index in [4.69, 9.17) is 21.9 Å². The lowest BCUT2D eigenvalue weighted by Crippen LogP contribution is -2.33. The summed E-state index contributed by atoms with van der Waals surface area (Å²) in [6, 6.07) is 7.35. The molecule has 2 saturated heterocycles. The van der Waals surface area contributed by atoms with Crippen LogP contribution in [0.2, 0.25) is 5.15 Å². The number of benzene rings is 1. The Morgan fingerprint density at radius 3 is 2.34 bits per heavy atom. The van der Waals surface area contributed by atoms with Gasteiger partial charge in [0, 0.05) is 25.0 Å². The molecule has 0 aliphatic carbocycles. The number of ether oxygens (including phenoxy) is 1.